The molecule has 152 valence electrons. The van der Waals surface area contributed by atoms with E-state index in [1.807, 2.05) is 12.1 Å². The van der Waals surface area contributed by atoms with Crippen LogP contribution in [0, 0.1) is 5.82 Å². The molecule has 2 aromatic heterocycles. The number of carbonyl (C=O) groups excluding carboxylic acids is 1. The van der Waals surface area contributed by atoms with Gasteiger partial charge in [0.15, 0.2) is 0 Å². The van der Waals surface area contributed by atoms with Crippen LogP contribution in [-0.4, -0.2) is 71.5 Å². The number of ether oxygens (including phenoxy) is 1. The first-order valence-corrected chi connectivity index (χ1v) is 9.67. The quantitative estimate of drug-likeness (QED) is 0.692. The molecule has 1 aliphatic rings. The summed E-state index contributed by atoms with van der Waals surface area (Å²) >= 11 is 0. The van der Waals surface area contributed by atoms with E-state index in [0.717, 1.165) is 38.5 Å². The normalized spacial score (nSPS) is 15.5. The number of halogens is 1. The molecule has 3 aromatic rings. The second-order valence-corrected chi connectivity index (χ2v) is 7.17. The topological polar surface area (TPSA) is 62.1 Å². The number of benzene rings is 1. The summed E-state index contributed by atoms with van der Waals surface area (Å²) in [5.74, 6) is 0.0638. The molecule has 0 saturated carbocycles. The number of nitrogens with one attached hydrogen (secondary N) is 1. The summed E-state index contributed by atoms with van der Waals surface area (Å²) in [7, 11) is 2.14. The minimum Gasteiger partial charge on any atom is -0.492 e. The van der Waals surface area contributed by atoms with Gasteiger partial charge >= 0.3 is 0 Å². The number of likely N-dealkylation sites (N-methyl/N-ethyl adjacent to an activating group) is 1. The molecule has 7 nitrogen and oxygen atoms in total. The Labute approximate surface area is 168 Å². The molecule has 4 rings (SSSR count). The van der Waals surface area contributed by atoms with Crippen molar-refractivity contribution in [2.75, 3.05) is 51.7 Å². The molecule has 0 unspecified atom stereocenters. The highest BCUT2D eigenvalue weighted by Gasteiger charge is 2.15. The molecule has 0 aliphatic carbocycles. The van der Waals surface area contributed by atoms with Gasteiger partial charge in [0.1, 0.15) is 23.7 Å². The van der Waals surface area contributed by atoms with Crippen LogP contribution in [0.2, 0.25) is 0 Å². The van der Waals surface area contributed by atoms with Crippen molar-refractivity contribution < 1.29 is 13.9 Å². The number of fused-ring (bicyclic) bond motifs is 1. The van der Waals surface area contributed by atoms with Crippen molar-refractivity contribution in [2.24, 2.45) is 0 Å². The van der Waals surface area contributed by atoms with Crippen molar-refractivity contribution in [1.82, 2.24) is 19.2 Å². The number of imidazole rings is 1. The zero-order valence-corrected chi connectivity index (χ0v) is 16.3. The molecule has 1 aliphatic heterocycles. The number of aromatic nitrogens is 2. The first-order chi connectivity index (χ1) is 14.1. The third-order valence-corrected chi connectivity index (χ3v) is 5.11. The predicted molar refractivity (Wildman–Crippen MR) is 109 cm³/mol. The van der Waals surface area contributed by atoms with Gasteiger partial charge in [0.25, 0.3) is 5.91 Å². The molecule has 3 heterocycles. The summed E-state index contributed by atoms with van der Waals surface area (Å²) < 4.78 is 21.0. The van der Waals surface area contributed by atoms with Gasteiger partial charge in [-0.2, -0.15) is 0 Å². The Hall–Kier alpha value is -2.97. The maximum absolute atomic E-state index is 13.8. The first-order valence-electron chi connectivity index (χ1n) is 9.67. The molecule has 8 heteroatoms. The predicted octanol–water partition coefficient (Wildman–Crippen LogP) is 2.35. The van der Waals surface area contributed by atoms with Crippen molar-refractivity contribution in [1.29, 1.82) is 0 Å². The lowest BCUT2D eigenvalue weighted by Crippen LogP contribution is -2.45. The summed E-state index contributed by atoms with van der Waals surface area (Å²) in [5, 5.41) is 2.78. The Morgan fingerprint density at radius 2 is 1.93 bits per heavy atom. The van der Waals surface area contributed by atoms with E-state index in [1.54, 1.807) is 18.3 Å². The largest absolute Gasteiger partial charge is 0.492 e. The number of hydrogen-bond acceptors (Lipinski definition) is 5. The van der Waals surface area contributed by atoms with Crippen molar-refractivity contribution in [3.8, 4) is 5.75 Å². The molecule has 1 saturated heterocycles. The Kier molecular flexibility index (Phi) is 5.73. The molecule has 0 atom stereocenters. The van der Waals surface area contributed by atoms with E-state index in [2.05, 4.69) is 27.1 Å². The van der Waals surface area contributed by atoms with Gasteiger partial charge in [0.2, 0.25) is 5.82 Å². The average molecular weight is 397 g/mol. The standard InChI is InChI=1S/C21H24FN5O2/c1-25-9-11-26(12-10-25)13-14-29-17-6-4-16(5-7-17)24-21(28)20-23-15-19-18(22)3-2-8-27(19)20/h2-8,15H,9-14H2,1H3,(H,24,28). The molecule has 0 bridgehead atoms. The van der Waals surface area contributed by atoms with Crippen molar-refractivity contribution >= 4 is 17.1 Å². The number of anilines is 1. The van der Waals surface area contributed by atoms with E-state index in [0.29, 0.717) is 12.3 Å². The van der Waals surface area contributed by atoms with Crippen molar-refractivity contribution in [2.45, 2.75) is 0 Å². The fraction of sp³-hybridized carbons (Fsp3) is 0.333. The number of pyridine rings is 1. The lowest BCUT2D eigenvalue weighted by molar-refractivity contribution is 0.101. The summed E-state index contributed by atoms with van der Waals surface area (Å²) in [6.45, 7) is 5.84. The van der Waals surface area contributed by atoms with Crippen LogP contribution >= 0.6 is 0 Å². The van der Waals surface area contributed by atoms with Crippen LogP contribution in [-0.2, 0) is 0 Å². The van der Waals surface area contributed by atoms with Crippen LogP contribution < -0.4 is 10.1 Å². The van der Waals surface area contributed by atoms with Crippen LogP contribution in [0.1, 0.15) is 10.6 Å². The summed E-state index contributed by atoms with van der Waals surface area (Å²) in [6.07, 6.45) is 2.96. The van der Waals surface area contributed by atoms with Crippen molar-refractivity contribution in [3.05, 3.63) is 60.4 Å². The molecule has 0 radical (unpaired) electrons. The van der Waals surface area contributed by atoms with Crippen LogP contribution in [0.5, 0.6) is 5.75 Å². The van der Waals surface area contributed by atoms with E-state index in [9.17, 15) is 9.18 Å². The fourth-order valence-corrected chi connectivity index (χ4v) is 3.34. The first kappa shape index (κ1) is 19.4. The molecular formula is C21H24FN5O2. The summed E-state index contributed by atoms with van der Waals surface area (Å²) in [6, 6.07) is 10.1. The summed E-state index contributed by atoms with van der Waals surface area (Å²) in [4.78, 5) is 21.3. The molecular weight excluding hydrogens is 373 g/mol. The van der Waals surface area contributed by atoms with Gasteiger partial charge in [-0.3, -0.25) is 14.1 Å². The van der Waals surface area contributed by atoms with E-state index in [-0.39, 0.29) is 11.3 Å². The fourth-order valence-electron chi connectivity index (χ4n) is 3.34. The minimum atomic E-state index is -0.419. The Morgan fingerprint density at radius 1 is 1.17 bits per heavy atom. The minimum absolute atomic E-state index is 0.131. The number of nitrogens with zero attached hydrogens (tertiary/aromatic N) is 4. The lowest BCUT2D eigenvalue weighted by atomic mass is 10.3. The highest BCUT2D eigenvalue weighted by molar-refractivity contribution is 6.02. The maximum Gasteiger partial charge on any atom is 0.292 e. The van der Waals surface area contributed by atoms with Crippen LogP contribution in [0.3, 0.4) is 0 Å². The molecule has 1 amide bonds. The average Bonchev–Trinajstić information content (AvgIpc) is 3.16. The third kappa shape index (κ3) is 4.55. The Morgan fingerprint density at radius 3 is 2.69 bits per heavy atom. The monoisotopic (exact) mass is 397 g/mol. The van der Waals surface area contributed by atoms with Gasteiger partial charge in [0.05, 0.1) is 6.20 Å². The SMILES string of the molecule is CN1CCN(CCOc2ccc(NC(=O)c3ncc4c(F)cccn34)cc2)CC1. The zero-order valence-electron chi connectivity index (χ0n) is 16.3. The van der Waals surface area contributed by atoms with Gasteiger partial charge in [0, 0.05) is 44.6 Å². The molecule has 0 spiro atoms. The van der Waals surface area contributed by atoms with E-state index < -0.39 is 11.7 Å². The van der Waals surface area contributed by atoms with Crippen molar-refractivity contribution in [3.63, 3.8) is 0 Å². The van der Waals surface area contributed by atoms with Gasteiger partial charge in [-0.25, -0.2) is 9.37 Å². The smallest absolute Gasteiger partial charge is 0.292 e. The van der Waals surface area contributed by atoms with Gasteiger partial charge in [-0.05, 0) is 43.4 Å². The second-order valence-electron chi connectivity index (χ2n) is 7.17. The van der Waals surface area contributed by atoms with Gasteiger partial charge in [-0.15, -0.1) is 0 Å². The highest BCUT2D eigenvalue weighted by Crippen LogP contribution is 2.17. The van der Waals surface area contributed by atoms with Crippen LogP contribution in [0.15, 0.2) is 48.8 Å². The number of piperazine rings is 1. The summed E-state index contributed by atoms with van der Waals surface area (Å²) in [5.41, 5.74) is 0.885. The molecule has 1 aromatic carbocycles. The van der Waals surface area contributed by atoms with E-state index in [4.69, 9.17) is 4.74 Å². The Bertz CT molecular complexity index is 980. The number of carbonyl (C=O) groups is 1. The highest BCUT2D eigenvalue weighted by atomic mass is 19.1. The maximum atomic E-state index is 13.8. The molecule has 1 fully saturated rings. The van der Waals surface area contributed by atoms with Crippen LogP contribution in [0.25, 0.3) is 5.52 Å². The third-order valence-electron chi connectivity index (χ3n) is 5.11. The lowest BCUT2D eigenvalue weighted by Gasteiger charge is -2.32. The molecule has 29 heavy (non-hydrogen) atoms. The molecule has 1 N–H and O–H groups in total. The second kappa shape index (κ2) is 8.59. The van der Waals surface area contributed by atoms with Crippen LogP contribution in [0.4, 0.5) is 10.1 Å². The number of rotatable bonds is 6. The number of amides is 1. The van der Waals surface area contributed by atoms with E-state index in [1.165, 1.54) is 22.7 Å². The number of hydrogen-bond donors (Lipinski definition) is 1. The van der Waals surface area contributed by atoms with Gasteiger partial charge < -0.3 is 15.0 Å². The van der Waals surface area contributed by atoms with E-state index >= 15 is 0 Å². The Balaban J connectivity index is 1.31. The van der Waals surface area contributed by atoms with Gasteiger partial charge in [-0.1, -0.05) is 0 Å². The zero-order chi connectivity index (χ0) is 20.2.